The summed E-state index contributed by atoms with van der Waals surface area (Å²) in [5.41, 5.74) is 2.37. The molecule has 0 saturated heterocycles. The van der Waals surface area contributed by atoms with Crippen molar-refractivity contribution >= 4 is 68.7 Å². The molecule has 2 aromatic heterocycles. The number of methoxy groups -OCH3 is 1. The van der Waals surface area contributed by atoms with E-state index in [-0.39, 0.29) is 5.11 Å². The summed E-state index contributed by atoms with van der Waals surface area (Å²) in [5.74, 6) is 0.00776. The second kappa shape index (κ2) is 9.78. The zero-order valence-electron chi connectivity index (χ0n) is 16.6. The third-order valence-electron chi connectivity index (χ3n) is 4.42. The van der Waals surface area contributed by atoms with E-state index in [2.05, 4.69) is 15.7 Å². The van der Waals surface area contributed by atoms with Crippen LogP contribution in [0.15, 0.2) is 30.5 Å². The molecular weight excluding hydrogens is 463 g/mol. The van der Waals surface area contributed by atoms with Gasteiger partial charge in [0.25, 0.3) is 0 Å². The van der Waals surface area contributed by atoms with Crippen LogP contribution in [0.25, 0.3) is 0 Å². The Labute approximate surface area is 194 Å². The topological polar surface area (TPSA) is 68.2 Å². The quantitative estimate of drug-likeness (QED) is 0.343. The molecule has 1 aromatic carbocycles. The molecule has 0 unspecified atom stereocenters. The number of rotatable bonds is 6. The molecule has 0 amide bonds. The molecule has 0 aliphatic heterocycles. The Bertz CT molecular complexity index is 1090. The lowest BCUT2D eigenvalue weighted by molar-refractivity contribution is 0.0601. The number of thiocarbonyl (C=S) groups is 1. The minimum atomic E-state index is -0.399. The normalized spacial score (nSPS) is 10.7. The number of thiophene rings is 1. The molecule has 0 radical (unpaired) electrons. The molecule has 0 saturated carbocycles. The van der Waals surface area contributed by atoms with Crippen molar-refractivity contribution in [1.29, 1.82) is 0 Å². The molecule has 30 heavy (non-hydrogen) atoms. The second-order valence-electron chi connectivity index (χ2n) is 6.38. The van der Waals surface area contributed by atoms with Gasteiger partial charge in [-0.1, -0.05) is 48.3 Å². The largest absolute Gasteiger partial charge is 0.465 e. The van der Waals surface area contributed by atoms with Crippen LogP contribution < -0.4 is 10.6 Å². The van der Waals surface area contributed by atoms with E-state index in [0.29, 0.717) is 39.4 Å². The predicted octanol–water partition coefficient (Wildman–Crippen LogP) is 5.77. The highest BCUT2D eigenvalue weighted by Crippen LogP contribution is 2.34. The Morgan fingerprint density at radius 2 is 2.00 bits per heavy atom. The highest BCUT2D eigenvalue weighted by Gasteiger charge is 2.22. The van der Waals surface area contributed by atoms with E-state index in [1.165, 1.54) is 18.4 Å². The SMILES string of the molecule is CCc1c(C)sc(NC(=S)Nc2nn(Cc3ccccc3Cl)cc2Cl)c1C(=O)OC. The molecule has 2 N–H and O–H groups in total. The first kappa shape index (κ1) is 22.6. The summed E-state index contributed by atoms with van der Waals surface area (Å²) in [6.45, 7) is 4.43. The summed E-state index contributed by atoms with van der Waals surface area (Å²) in [7, 11) is 1.36. The van der Waals surface area contributed by atoms with Crippen molar-refractivity contribution in [3.8, 4) is 0 Å². The summed E-state index contributed by atoms with van der Waals surface area (Å²) in [5, 5.41) is 12.5. The Hall–Kier alpha value is -2.13. The van der Waals surface area contributed by atoms with Crippen LogP contribution in [-0.4, -0.2) is 28.0 Å². The van der Waals surface area contributed by atoms with Gasteiger partial charge in [-0.2, -0.15) is 5.10 Å². The minimum Gasteiger partial charge on any atom is -0.465 e. The number of aryl methyl sites for hydroxylation is 1. The number of anilines is 2. The van der Waals surface area contributed by atoms with Gasteiger partial charge < -0.3 is 15.4 Å². The van der Waals surface area contributed by atoms with Crippen molar-refractivity contribution in [2.75, 3.05) is 17.7 Å². The average molecular weight is 483 g/mol. The number of ether oxygens (including phenoxy) is 1. The first-order valence-corrected chi connectivity index (χ1v) is 11.1. The summed E-state index contributed by atoms with van der Waals surface area (Å²) in [6, 6.07) is 7.54. The van der Waals surface area contributed by atoms with E-state index in [1.54, 1.807) is 10.9 Å². The van der Waals surface area contributed by atoms with Gasteiger partial charge in [0.1, 0.15) is 10.0 Å². The van der Waals surface area contributed by atoms with Crippen molar-refractivity contribution in [2.24, 2.45) is 0 Å². The molecular formula is C20H20Cl2N4O2S2. The molecule has 2 heterocycles. The summed E-state index contributed by atoms with van der Waals surface area (Å²) < 4.78 is 6.62. The monoisotopic (exact) mass is 482 g/mol. The fraction of sp³-hybridized carbons (Fsp3) is 0.250. The van der Waals surface area contributed by atoms with Gasteiger partial charge in [-0.25, -0.2) is 4.79 Å². The Morgan fingerprint density at radius 3 is 2.67 bits per heavy atom. The van der Waals surface area contributed by atoms with Crippen LogP contribution in [0.3, 0.4) is 0 Å². The van der Waals surface area contributed by atoms with Crippen molar-refractivity contribution in [3.05, 3.63) is 62.1 Å². The molecule has 6 nitrogen and oxygen atoms in total. The van der Waals surface area contributed by atoms with E-state index >= 15 is 0 Å². The summed E-state index contributed by atoms with van der Waals surface area (Å²) in [6.07, 6.45) is 2.41. The molecule has 0 fully saturated rings. The fourth-order valence-electron chi connectivity index (χ4n) is 3.02. The van der Waals surface area contributed by atoms with Gasteiger partial charge in [-0.3, -0.25) is 4.68 Å². The van der Waals surface area contributed by atoms with Gasteiger partial charge in [0.05, 0.1) is 19.2 Å². The highest BCUT2D eigenvalue weighted by molar-refractivity contribution is 7.80. The van der Waals surface area contributed by atoms with E-state index < -0.39 is 5.97 Å². The lowest BCUT2D eigenvalue weighted by Crippen LogP contribution is -2.21. The standard InChI is InChI=1S/C20H20Cl2N4O2S2/c1-4-13-11(2)30-18(16(13)19(27)28-3)24-20(29)23-17-15(22)10-26(25-17)9-12-7-5-6-8-14(12)21/h5-8,10H,4,9H2,1-3H3,(H2,23,24,25,29). The Balaban J connectivity index is 1.75. The van der Waals surface area contributed by atoms with Gasteiger partial charge in [0, 0.05) is 16.1 Å². The van der Waals surface area contributed by atoms with Crippen LogP contribution in [0.4, 0.5) is 10.8 Å². The Kier molecular flexibility index (Phi) is 7.36. The second-order valence-corrected chi connectivity index (χ2v) is 8.83. The van der Waals surface area contributed by atoms with Gasteiger partial charge >= 0.3 is 5.97 Å². The lowest BCUT2D eigenvalue weighted by Gasteiger charge is -2.10. The van der Waals surface area contributed by atoms with E-state index in [9.17, 15) is 4.79 Å². The maximum absolute atomic E-state index is 12.3. The van der Waals surface area contributed by atoms with Gasteiger partial charge in [-0.05, 0) is 42.8 Å². The minimum absolute atomic E-state index is 0.272. The van der Waals surface area contributed by atoms with Crippen LogP contribution in [0.5, 0.6) is 0 Å². The van der Waals surface area contributed by atoms with Crippen molar-refractivity contribution < 1.29 is 9.53 Å². The first-order chi connectivity index (χ1) is 14.3. The number of halogens is 2. The van der Waals surface area contributed by atoms with Gasteiger partial charge in [0.15, 0.2) is 10.9 Å². The number of carbonyl (C=O) groups excluding carboxylic acids is 1. The molecule has 0 bridgehead atoms. The van der Waals surface area contributed by atoms with E-state index in [1.807, 2.05) is 38.1 Å². The molecule has 0 atom stereocenters. The van der Waals surface area contributed by atoms with Crippen molar-refractivity contribution in [2.45, 2.75) is 26.8 Å². The zero-order chi connectivity index (χ0) is 21.8. The number of hydrogen-bond donors (Lipinski definition) is 2. The third-order valence-corrected chi connectivity index (χ3v) is 6.33. The third kappa shape index (κ3) is 4.95. The van der Waals surface area contributed by atoms with Crippen LogP contribution in [0.1, 0.15) is 33.3 Å². The number of hydrogen-bond acceptors (Lipinski definition) is 5. The number of carbonyl (C=O) groups is 1. The molecule has 158 valence electrons. The predicted molar refractivity (Wildman–Crippen MR) is 127 cm³/mol. The highest BCUT2D eigenvalue weighted by atomic mass is 35.5. The van der Waals surface area contributed by atoms with Crippen LogP contribution >= 0.6 is 46.8 Å². The molecule has 0 aliphatic carbocycles. The maximum Gasteiger partial charge on any atom is 0.341 e. The smallest absolute Gasteiger partial charge is 0.341 e. The van der Waals surface area contributed by atoms with Crippen LogP contribution in [0.2, 0.25) is 10.0 Å². The van der Waals surface area contributed by atoms with Crippen LogP contribution in [0, 0.1) is 6.92 Å². The molecule has 0 aliphatic rings. The zero-order valence-corrected chi connectivity index (χ0v) is 19.7. The van der Waals surface area contributed by atoms with Gasteiger partial charge in [0.2, 0.25) is 0 Å². The number of benzene rings is 1. The fourth-order valence-corrected chi connectivity index (χ4v) is 4.81. The van der Waals surface area contributed by atoms with Crippen molar-refractivity contribution in [1.82, 2.24) is 9.78 Å². The number of nitrogens with one attached hydrogen (secondary N) is 2. The average Bonchev–Trinajstić information content (AvgIpc) is 3.21. The first-order valence-electron chi connectivity index (χ1n) is 9.09. The number of nitrogens with zero attached hydrogens (tertiary/aromatic N) is 2. The van der Waals surface area contributed by atoms with Crippen LogP contribution in [-0.2, 0) is 17.7 Å². The number of aromatic nitrogens is 2. The number of esters is 1. The Morgan fingerprint density at radius 1 is 1.27 bits per heavy atom. The maximum atomic E-state index is 12.3. The molecule has 3 rings (SSSR count). The van der Waals surface area contributed by atoms with Crippen molar-refractivity contribution in [3.63, 3.8) is 0 Å². The summed E-state index contributed by atoms with van der Waals surface area (Å²) in [4.78, 5) is 13.3. The molecule has 0 spiro atoms. The lowest BCUT2D eigenvalue weighted by atomic mass is 10.1. The summed E-state index contributed by atoms with van der Waals surface area (Å²) >= 11 is 19.4. The molecule has 10 heteroatoms. The molecule has 3 aromatic rings. The van der Waals surface area contributed by atoms with E-state index in [4.69, 9.17) is 40.2 Å². The van der Waals surface area contributed by atoms with Gasteiger partial charge in [-0.15, -0.1) is 11.3 Å². The van der Waals surface area contributed by atoms with E-state index in [0.717, 1.165) is 16.0 Å².